The molecule has 1 amide bonds. The number of benzene rings is 1. The lowest BCUT2D eigenvalue weighted by atomic mass is 10.1. The highest BCUT2D eigenvalue weighted by molar-refractivity contribution is 7.89. The third-order valence-corrected chi connectivity index (χ3v) is 5.45. The smallest absolute Gasteiger partial charge is 0.248 e. The summed E-state index contributed by atoms with van der Waals surface area (Å²) in [6.45, 7) is 2.60. The minimum atomic E-state index is -3.67. The minimum Gasteiger partial charge on any atom is -0.398 e. The lowest BCUT2D eigenvalue weighted by Crippen LogP contribution is -2.29. The summed E-state index contributed by atoms with van der Waals surface area (Å²) in [4.78, 5) is 11.0. The molecule has 6 nitrogen and oxygen atoms in total. The Morgan fingerprint density at radius 3 is 2.62 bits per heavy atom. The molecule has 0 spiro atoms. The second kappa shape index (κ2) is 6.03. The number of sulfonamides is 1. The van der Waals surface area contributed by atoms with E-state index in [2.05, 4.69) is 11.6 Å². The molecule has 1 aromatic carbocycles. The normalized spacial score (nSPS) is 22.3. The van der Waals surface area contributed by atoms with Crippen LogP contribution in [-0.4, -0.2) is 20.9 Å². The summed E-state index contributed by atoms with van der Waals surface area (Å²) < 4.78 is 27.1. The molecule has 1 saturated carbocycles. The van der Waals surface area contributed by atoms with E-state index in [9.17, 15) is 13.2 Å². The molecule has 1 aliphatic rings. The lowest BCUT2D eigenvalue weighted by Gasteiger charge is -2.13. The number of hydrogen-bond acceptors (Lipinski definition) is 4. The molecule has 0 aliphatic heterocycles. The van der Waals surface area contributed by atoms with Crippen LogP contribution in [-0.2, 0) is 10.0 Å². The first kappa shape index (κ1) is 15.8. The highest BCUT2D eigenvalue weighted by Crippen LogP contribution is 2.30. The van der Waals surface area contributed by atoms with E-state index < -0.39 is 15.9 Å². The molecule has 5 N–H and O–H groups in total. The van der Waals surface area contributed by atoms with Gasteiger partial charge in [-0.2, -0.15) is 0 Å². The summed E-state index contributed by atoms with van der Waals surface area (Å²) in [7, 11) is -3.67. The maximum absolute atomic E-state index is 12.3. The first-order chi connectivity index (χ1) is 9.79. The molecule has 1 fully saturated rings. The molecule has 116 valence electrons. The Labute approximate surface area is 124 Å². The summed E-state index contributed by atoms with van der Waals surface area (Å²) in [6, 6.07) is 3.97. The largest absolute Gasteiger partial charge is 0.398 e. The molecule has 2 rings (SSSR count). The van der Waals surface area contributed by atoms with E-state index >= 15 is 0 Å². The molecule has 0 bridgehead atoms. The maximum Gasteiger partial charge on any atom is 0.248 e. The topological polar surface area (TPSA) is 115 Å². The van der Waals surface area contributed by atoms with Crippen molar-refractivity contribution in [2.45, 2.75) is 31.1 Å². The van der Waals surface area contributed by atoms with Crippen molar-refractivity contribution < 1.29 is 13.2 Å². The maximum atomic E-state index is 12.3. The van der Waals surface area contributed by atoms with Gasteiger partial charge in [-0.1, -0.05) is 13.3 Å². The van der Waals surface area contributed by atoms with Crippen molar-refractivity contribution in [3.8, 4) is 0 Å². The average molecular weight is 311 g/mol. The van der Waals surface area contributed by atoms with Crippen molar-refractivity contribution in [2.24, 2.45) is 17.6 Å². The van der Waals surface area contributed by atoms with Crippen LogP contribution in [0, 0.1) is 11.8 Å². The Balaban J connectivity index is 2.10. The Hall–Kier alpha value is -1.60. The Morgan fingerprint density at radius 1 is 1.38 bits per heavy atom. The molecule has 2 atom stereocenters. The van der Waals surface area contributed by atoms with Gasteiger partial charge in [0.25, 0.3) is 0 Å². The zero-order valence-corrected chi connectivity index (χ0v) is 12.8. The summed E-state index contributed by atoms with van der Waals surface area (Å²) >= 11 is 0. The minimum absolute atomic E-state index is 0.0152. The summed E-state index contributed by atoms with van der Waals surface area (Å²) in [5.41, 5.74) is 11.1. The third-order valence-electron chi connectivity index (χ3n) is 3.95. The fraction of sp³-hybridized carbons (Fsp3) is 0.500. The van der Waals surface area contributed by atoms with Crippen molar-refractivity contribution in [2.75, 3.05) is 12.3 Å². The van der Waals surface area contributed by atoms with E-state index in [0.29, 0.717) is 18.4 Å². The number of anilines is 1. The predicted octanol–water partition coefficient (Wildman–Crippen LogP) is 1.08. The number of carbonyl (C=O) groups excluding carboxylic acids is 1. The second-order valence-corrected chi connectivity index (χ2v) is 7.49. The molecular formula is C14H21N3O3S. The SMILES string of the molecule is CC1CCC(CNS(=O)(=O)c2ccc(C(N)=O)cc2N)C1. The van der Waals surface area contributed by atoms with Crippen molar-refractivity contribution in [3.63, 3.8) is 0 Å². The van der Waals surface area contributed by atoms with Crippen LogP contribution in [0.25, 0.3) is 0 Å². The van der Waals surface area contributed by atoms with Gasteiger partial charge >= 0.3 is 0 Å². The van der Waals surface area contributed by atoms with Crippen molar-refractivity contribution in [1.82, 2.24) is 4.72 Å². The van der Waals surface area contributed by atoms with Gasteiger partial charge in [0.1, 0.15) is 4.90 Å². The van der Waals surface area contributed by atoms with Gasteiger partial charge in [0.15, 0.2) is 0 Å². The molecule has 21 heavy (non-hydrogen) atoms. The highest BCUT2D eigenvalue weighted by Gasteiger charge is 2.24. The van der Waals surface area contributed by atoms with Gasteiger partial charge in [-0.25, -0.2) is 13.1 Å². The van der Waals surface area contributed by atoms with Crippen LogP contribution in [0.5, 0.6) is 0 Å². The van der Waals surface area contributed by atoms with E-state index in [1.165, 1.54) is 18.2 Å². The van der Waals surface area contributed by atoms with E-state index in [1.54, 1.807) is 0 Å². The molecule has 7 heteroatoms. The number of primary amides is 1. The summed E-state index contributed by atoms with van der Waals surface area (Å²) in [5, 5.41) is 0. The van der Waals surface area contributed by atoms with Crippen LogP contribution in [0.15, 0.2) is 23.1 Å². The fourth-order valence-electron chi connectivity index (χ4n) is 2.76. The lowest BCUT2D eigenvalue weighted by molar-refractivity contribution is 0.1000. The van der Waals surface area contributed by atoms with E-state index in [-0.39, 0.29) is 16.1 Å². The van der Waals surface area contributed by atoms with Crippen LogP contribution in [0.4, 0.5) is 5.69 Å². The van der Waals surface area contributed by atoms with Gasteiger partial charge in [-0.05, 0) is 42.9 Å². The fourth-order valence-corrected chi connectivity index (χ4v) is 3.99. The van der Waals surface area contributed by atoms with Gasteiger partial charge in [-0.3, -0.25) is 4.79 Å². The molecule has 1 aromatic rings. The first-order valence-corrected chi connectivity index (χ1v) is 8.47. The second-order valence-electron chi connectivity index (χ2n) is 5.75. The van der Waals surface area contributed by atoms with Gasteiger partial charge in [0.2, 0.25) is 15.9 Å². The molecule has 2 unspecified atom stereocenters. The zero-order chi connectivity index (χ0) is 15.6. The molecule has 0 saturated heterocycles. The van der Waals surface area contributed by atoms with Gasteiger partial charge in [-0.15, -0.1) is 0 Å². The van der Waals surface area contributed by atoms with E-state index in [1.807, 2.05) is 0 Å². The number of hydrogen-bond donors (Lipinski definition) is 3. The van der Waals surface area contributed by atoms with Gasteiger partial charge < -0.3 is 11.5 Å². The van der Waals surface area contributed by atoms with E-state index in [4.69, 9.17) is 11.5 Å². The van der Waals surface area contributed by atoms with Crippen molar-refractivity contribution in [3.05, 3.63) is 23.8 Å². The van der Waals surface area contributed by atoms with Crippen molar-refractivity contribution in [1.29, 1.82) is 0 Å². The Kier molecular flexibility index (Phi) is 4.53. The van der Waals surface area contributed by atoms with Crippen LogP contribution in [0.2, 0.25) is 0 Å². The number of amides is 1. The predicted molar refractivity (Wildman–Crippen MR) is 81.1 cm³/mol. The molecular weight excluding hydrogens is 290 g/mol. The Bertz CT molecular complexity index is 643. The number of rotatable bonds is 5. The number of carbonyl (C=O) groups is 1. The number of nitrogen functional groups attached to an aromatic ring is 1. The van der Waals surface area contributed by atoms with Gasteiger partial charge in [0.05, 0.1) is 5.69 Å². The molecule has 1 aliphatic carbocycles. The van der Waals surface area contributed by atoms with Crippen molar-refractivity contribution >= 4 is 21.6 Å². The highest BCUT2D eigenvalue weighted by atomic mass is 32.2. The number of nitrogens with two attached hydrogens (primary N) is 2. The van der Waals surface area contributed by atoms with E-state index in [0.717, 1.165) is 19.3 Å². The quantitative estimate of drug-likeness (QED) is 0.706. The van der Waals surface area contributed by atoms with Crippen LogP contribution < -0.4 is 16.2 Å². The summed E-state index contributed by atoms with van der Waals surface area (Å²) in [5.74, 6) is 0.388. The average Bonchev–Trinajstić information content (AvgIpc) is 2.82. The monoisotopic (exact) mass is 311 g/mol. The summed E-state index contributed by atoms with van der Waals surface area (Å²) in [6.07, 6.45) is 3.22. The molecule has 0 heterocycles. The third kappa shape index (κ3) is 3.74. The van der Waals surface area contributed by atoms with Crippen LogP contribution in [0.3, 0.4) is 0 Å². The van der Waals surface area contributed by atoms with Gasteiger partial charge in [0, 0.05) is 12.1 Å². The number of nitrogens with one attached hydrogen (secondary N) is 1. The van der Waals surface area contributed by atoms with Crippen LogP contribution >= 0.6 is 0 Å². The Morgan fingerprint density at radius 2 is 2.10 bits per heavy atom. The van der Waals surface area contributed by atoms with Crippen LogP contribution in [0.1, 0.15) is 36.5 Å². The first-order valence-electron chi connectivity index (χ1n) is 6.98. The molecule has 0 radical (unpaired) electrons. The standard InChI is InChI=1S/C14H21N3O3S/c1-9-2-3-10(6-9)8-17-21(19,20)13-5-4-11(14(16)18)7-12(13)15/h4-5,7,9-10,17H,2-3,6,8,15H2,1H3,(H2,16,18). The molecule has 0 aromatic heterocycles. The zero-order valence-electron chi connectivity index (χ0n) is 12.0.